The Morgan fingerprint density at radius 1 is 0.964 bits per heavy atom. The van der Waals surface area contributed by atoms with Crippen LogP contribution in [0.2, 0.25) is 0 Å². The maximum atomic E-state index is 13.8. The summed E-state index contributed by atoms with van der Waals surface area (Å²) in [5.74, 6) is 0.0160. The van der Waals surface area contributed by atoms with Crippen LogP contribution in [0.5, 0.6) is 11.5 Å². The molecule has 3 aromatic rings. The lowest BCUT2D eigenvalue weighted by molar-refractivity contribution is -0.137. The van der Waals surface area contributed by atoms with E-state index in [0.29, 0.717) is 17.1 Å². The summed E-state index contributed by atoms with van der Waals surface area (Å²) in [6.07, 6.45) is -4.33. The van der Waals surface area contributed by atoms with Crippen LogP contribution in [-0.2, 0) is 12.6 Å². The second-order valence-corrected chi connectivity index (χ2v) is 6.14. The zero-order valence-electron chi connectivity index (χ0n) is 15.1. The summed E-state index contributed by atoms with van der Waals surface area (Å²) >= 11 is 0. The lowest BCUT2D eigenvalue weighted by atomic mass is 9.89. The van der Waals surface area contributed by atoms with Gasteiger partial charge in [0.25, 0.3) is 0 Å². The van der Waals surface area contributed by atoms with Gasteiger partial charge in [-0.1, -0.05) is 43.3 Å². The molecule has 0 bridgehead atoms. The number of ether oxygens (including phenoxy) is 1. The van der Waals surface area contributed by atoms with E-state index in [4.69, 9.17) is 10.5 Å². The Bertz CT molecular complexity index is 998. The van der Waals surface area contributed by atoms with Gasteiger partial charge in [-0.2, -0.15) is 13.2 Å². The van der Waals surface area contributed by atoms with E-state index < -0.39 is 17.6 Å². The molecule has 3 rings (SSSR count). The van der Waals surface area contributed by atoms with E-state index >= 15 is 0 Å². The maximum Gasteiger partial charge on any atom is 0.417 e. The summed E-state index contributed by atoms with van der Waals surface area (Å²) in [5.41, 5.74) is 5.01. The van der Waals surface area contributed by atoms with Crippen LogP contribution in [0.1, 0.15) is 28.4 Å². The molecule has 2 N–H and O–H groups in total. The molecule has 1 amide bonds. The fourth-order valence-electron chi connectivity index (χ4n) is 3.15. The second kappa shape index (κ2) is 7.76. The quantitative estimate of drug-likeness (QED) is 0.601. The minimum Gasteiger partial charge on any atom is -0.457 e. The fraction of sp³-hybridized carbons (Fsp3) is 0.136. The standard InChI is InChI=1S/C22H18F3NO2/c1-2-15-19(28-14-8-4-3-5-9-14)13-12-18(22(23,24)25)20(15)16-10-6-7-11-17(16)21(26)27/h3-13H,2H2,1H3,(H2,26,27). The molecule has 0 radical (unpaired) electrons. The maximum absolute atomic E-state index is 13.8. The Hall–Kier alpha value is -3.28. The zero-order valence-corrected chi connectivity index (χ0v) is 15.1. The monoisotopic (exact) mass is 385 g/mol. The van der Waals surface area contributed by atoms with Gasteiger partial charge in [0.2, 0.25) is 5.91 Å². The molecule has 0 saturated heterocycles. The Morgan fingerprint density at radius 3 is 2.21 bits per heavy atom. The smallest absolute Gasteiger partial charge is 0.417 e. The Kier molecular flexibility index (Phi) is 5.40. The van der Waals surface area contributed by atoms with Crippen molar-refractivity contribution >= 4 is 5.91 Å². The number of hydrogen-bond donors (Lipinski definition) is 1. The van der Waals surface area contributed by atoms with Gasteiger partial charge >= 0.3 is 6.18 Å². The second-order valence-electron chi connectivity index (χ2n) is 6.14. The van der Waals surface area contributed by atoms with Crippen molar-refractivity contribution in [1.82, 2.24) is 0 Å². The van der Waals surface area contributed by atoms with Gasteiger partial charge < -0.3 is 10.5 Å². The number of carbonyl (C=O) groups excluding carboxylic acids is 1. The lowest BCUT2D eigenvalue weighted by Crippen LogP contribution is -2.15. The van der Waals surface area contributed by atoms with Crippen molar-refractivity contribution in [1.29, 1.82) is 0 Å². The molecule has 0 aliphatic carbocycles. The van der Waals surface area contributed by atoms with Gasteiger partial charge in [0.15, 0.2) is 0 Å². The molecule has 0 saturated carbocycles. The summed E-state index contributed by atoms with van der Waals surface area (Å²) in [5, 5.41) is 0. The van der Waals surface area contributed by atoms with E-state index in [1.54, 1.807) is 43.3 Å². The van der Waals surface area contributed by atoms with Crippen LogP contribution in [0.25, 0.3) is 11.1 Å². The average Bonchev–Trinajstić information content (AvgIpc) is 2.67. The van der Waals surface area contributed by atoms with Crippen LogP contribution >= 0.6 is 0 Å². The predicted octanol–water partition coefficient (Wildman–Crippen LogP) is 5.83. The SMILES string of the molecule is CCc1c(Oc2ccccc2)ccc(C(F)(F)F)c1-c1ccccc1C(N)=O. The third-order valence-corrected chi connectivity index (χ3v) is 4.36. The number of rotatable bonds is 5. The first kappa shape index (κ1) is 19.5. The van der Waals surface area contributed by atoms with Crippen LogP contribution in [0.3, 0.4) is 0 Å². The minimum atomic E-state index is -4.60. The number of primary amides is 1. The number of nitrogens with two attached hydrogens (primary N) is 1. The third kappa shape index (κ3) is 3.86. The van der Waals surface area contributed by atoms with Crippen molar-refractivity contribution in [2.24, 2.45) is 5.73 Å². The van der Waals surface area contributed by atoms with Gasteiger partial charge in [0.05, 0.1) is 5.56 Å². The summed E-state index contributed by atoms with van der Waals surface area (Å²) in [7, 11) is 0. The summed E-state index contributed by atoms with van der Waals surface area (Å²) in [6.45, 7) is 1.74. The van der Waals surface area contributed by atoms with E-state index in [-0.39, 0.29) is 23.1 Å². The van der Waals surface area contributed by atoms with Crippen molar-refractivity contribution in [3.05, 3.63) is 83.4 Å². The molecule has 144 valence electrons. The molecule has 3 aromatic carbocycles. The van der Waals surface area contributed by atoms with Gasteiger partial charge in [-0.3, -0.25) is 4.79 Å². The number of hydrogen-bond acceptors (Lipinski definition) is 2. The average molecular weight is 385 g/mol. The van der Waals surface area contributed by atoms with Gasteiger partial charge in [-0.05, 0) is 42.3 Å². The first-order valence-corrected chi connectivity index (χ1v) is 8.68. The molecular weight excluding hydrogens is 367 g/mol. The van der Waals surface area contributed by atoms with Gasteiger partial charge in [-0.25, -0.2) is 0 Å². The molecule has 0 aromatic heterocycles. The molecule has 0 aliphatic heterocycles. The van der Waals surface area contributed by atoms with Gasteiger partial charge in [0.1, 0.15) is 11.5 Å². The topological polar surface area (TPSA) is 52.3 Å². The highest BCUT2D eigenvalue weighted by Crippen LogP contribution is 2.44. The molecule has 3 nitrogen and oxygen atoms in total. The fourth-order valence-corrected chi connectivity index (χ4v) is 3.15. The van der Waals surface area contributed by atoms with E-state index in [9.17, 15) is 18.0 Å². The molecule has 0 unspecified atom stereocenters. The molecule has 0 aliphatic rings. The molecule has 6 heteroatoms. The largest absolute Gasteiger partial charge is 0.457 e. The third-order valence-electron chi connectivity index (χ3n) is 4.36. The van der Waals surface area contributed by atoms with Crippen LogP contribution in [-0.4, -0.2) is 5.91 Å². The van der Waals surface area contributed by atoms with E-state index in [0.717, 1.165) is 6.07 Å². The first-order valence-electron chi connectivity index (χ1n) is 8.68. The van der Waals surface area contributed by atoms with Gasteiger partial charge in [-0.15, -0.1) is 0 Å². The number of alkyl halides is 3. The molecule has 0 atom stereocenters. The van der Waals surface area contributed by atoms with E-state index in [1.807, 2.05) is 6.07 Å². The molecule has 0 spiro atoms. The number of amides is 1. The Morgan fingerprint density at radius 2 is 1.61 bits per heavy atom. The van der Waals surface area contributed by atoms with Crippen molar-refractivity contribution < 1.29 is 22.7 Å². The highest BCUT2D eigenvalue weighted by molar-refractivity contribution is 6.00. The summed E-state index contributed by atoms with van der Waals surface area (Å²) < 4.78 is 47.2. The van der Waals surface area contributed by atoms with Crippen molar-refractivity contribution in [3.63, 3.8) is 0 Å². The van der Waals surface area contributed by atoms with Crippen LogP contribution in [0.15, 0.2) is 66.7 Å². The highest BCUT2D eigenvalue weighted by Gasteiger charge is 2.36. The van der Waals surface area contributed by atoms with Crippen LogP contribution in [0, 0.1) is 0 Å². The van der Waals surface area contributed by atoms with Crippen LogP contribution in [0.4, 0.5) is 13.2 Å². The highest BCUT2D eigenvalue weighted by atomic mass is 19.4. The summed E-state index contributed by atoms with van der Waals surface area (Å²) in [6, 6.07) is 17.1. The van der Waals surface area contributed by atoms with Crippen molar-refractivity contribution in [3.8, 4) is 22.6 Å². The Labute approximate surface area is 160 Å². The predicted molar refractivity (Wildman–Crippen MR) is 101 cm³/mol. The zero-order chi connectivity index (χ0) is 20.3. The molecular formula is C22H18F3NO2. The van der Waals surface area contributed by atoms with E-state index in [2.05, 4.69) is 0 Å². The lowest BCUT2D eigenvalue weighted by Gasteiger charge is -2.21. The van der Waals surface area contributed by atoms with Crippen LogP contribution < -0.4 is 10.5 Å². The minimum absolute atomic E-state index is 0.0274. The van der Waals surface area contributed by atoms with E-state index in [1.165, 1.54) is 18.2 Å². The molecule has 0 fully saturated rings. The first-order chi connectivity index (χ1) is 13.3. The summed E-state index contributed by atoms with van der Waals surface area (Å²) in [4.78, 5) is 11.8. The number of benzene rings is 3. The molecule has 0 heterocycles. The number of carbonyl (C=O) groups is 1. The van der Waals surface area contributed by atoms with Crippen molar-refractivity contribution in [2.45, 2.75) is 19.5 Å². The number of halogens is 3. The molecule has 28 heavy (non-hydrogen) atoms. The Balaban J connectivity index is 2.29. The van der Waals surface area contributed by atoms with Crippen molar-refractivity contribution in [2.75, 3.05) is 0 Å². The normalized spacial score (nSPS) is 11.3. The van der Waals surface area contributed by atoms with Gasteiger partial charge in [0, 0.05) is 16.7 Å². The number of para-hydroxylation sites is 1.